The van der Waals surface area contributed by atoms with Crippen molar-refractivity contribution in [1.82, 2.24) is 14.8 Å². The second-order valence-electron chi connectivity index (χ2n) is 6.98. The summed E-state index contributed by atoms with van der Waals surface area (Å²) >= 11 is 5.38. The first-order valence-corrected chi connectivity index (χ1v) is 11.2. The summed E-state index contributed by atoms with van der Waals surface area (Å²) < 4.78 is 30.5. The molecule has 0 unspecified atom stereocenters. The smallest absolute Gasteiger partial charge is 0.262 e. The van der Waals surface area contributed by atoms with Gasteiger partial charge in [-0.3, -0.25) is 14.4 Å². The lowest BCUT2D eigenvalue weighted by molar-refractivity contribution is 0.600. The zero-order valence-electron chi connectivity index (χ0n) is 16.5. The molecule has 3 aromatic carbocycles. The highest BCUT2D eigenvalue weighted by atomic mass is 32.2. The summed E-state index contributed by atoms with van der Waals surface area (Å²) in [6.07, 6.45) is 0. The average Bonchev–Trinajstić information content (AvgIpc) is 3.10. The van der Waals surface area contributed by atoms with E-state index in [-0.39, 0.29) is 4.90 Å². The first-order chi connectivity index (χ1) is 14.3. The number of aryl methyl sites for hydroxylation is 2. The molecule has 0 atom stereocenters. The second-order valence-corrected chi connectivity index (χ2v) is 9.01. The highest BCUT2D eigenvalue weighted by molar-refractivity contribution is 7.92. The number of H-pyrrole nitrogens is 1. The molecule has 8 heteroatoms. The molecule has 0 saturated heterocycles. The van der Waals surface area contributed by atoms with Gasteiger partial charge in [-0.15, -0.1) is 0 Å². The van der Waals surface area contributed by atoms with Crippen LogP contribution < -0.4 is 4.72 Å². The highest BCUT2D eigenvalue weighted by Crippen LogP contribution is 2.25. The van der Waals surface area contributed by atoms with Crippen molar-refractivity contribution < 1.29 is 8.42 Å². The number of aromatic amines is 1. The zero-order valence-corrected chi connectivity index (χ0v) is 18.1. The van der Waals surface area contributed by atoms with Gasteiger partial charge in [0.2, 0.25) is 0 Å². The number of nitrogens with one attached hydrogen (secondary N) is 2. The molecule has 6 nitrogen and oxygen atoms in total. The Morgan fingerprint density at radius 3 is 2.33 bits per heavy atom. The van der Waals surface area contributed by atoms with E-state index in [4.69, 9.17) is 12.2 Å². The van der Waals surface area contributed by atoms with Crippen LogP contribution in [0.5, 0.6) is 0 Å². The lowest BCUT2D eigenvalue weighted by atomic mass is 10.2. The minimum atomic E-state index is -3.68. The van der Waals surface area contributed by atoms with Gasteiger partial charge in [0.1, 0.15) is 0 Å². The minimum Gasteiger partial charge on any atom is -0.280 e. The third kappa shape index (κ3) is 3.92. The van der Waals surface area contributed by atoms with Crippen LogP contribution in [0.15, 0.2) is 77.7 Å². The number of nitrogens with zero attached hydrogens (tertiary/aromatic N) is 2. The normalized spacial score (nSPS) is 11.4. The predicted molar refractivity (Wildman–Crippen MR) is 121 cm³/mol. The van der Waals surface area contributed by atoms with E-state index in [0.29, 0.717) is 21.8 Å². The van der Waals surface area contributed by atoms with Crippen molar-refractivity contribution in [2.24, 2.45) is 0 Å². The number of aromatic nitrogens is 3. The Bertz CT molecular complexity index is 1360. The number of anilines is 1. The summed E-state index contributed by atoms with van der Waals surface area (Å²) in [5.74, 6) is 0.648. The van der Waals surface area contributed by atoms with E-state index < -0.39 is 10.0 Å². The second kappa shape index (κ2) is 7.89. The molecule has 0 fully saturated rings. The monoisotopic (exact) mass is 436 g/mol. The number of para-hydroxylation sites is 1. The third-order valence-electron chi connectivity index (χ3n) is 4.70. The summed E-state index contributed by atoms with van der Waals surface area (Å²) in [6.45, 7) is 3.72. The van der Waals surface area contributed by atoms with E-state index in [0.717, 1.165) is 16.8 Å². The van der Waals surface area contributed by atoms with E-state index in [1.54, 1.807) is 31.2 Å². The van der Waals surface area contributed by atoms with Crippen molar-refractivity contribution in [2.75, 3.05) is 4.72 Å². The fourth-order valence-electron chi connectivity index (χ4n) is 3.31. The molecule has 152 valence electrons. The summed E-state index contributed by atoms with van der Waals surface area (Å²) in [5.41, 5.74) is 3.89. The maximum atomic E-state index is 12.8. The Hall–Kier alpha value is -3.23. The molecule has 0 amide bonds. The first kappa shape index (κ1) is 20.1. The standard InChI is InChI=1S/C22H20N4O2S2/c1-15-8-13-20(16(2)14-15)30(27,28)25-18-11-9-17(10-12-18)21-23-24-22(29)26(21)19-6-4-3-5-7-19/h3-14,25H,1-2H3,(H,24,29). The fraction of sp³-hybridized carbons (Fsp3) is 0.0909. The largest absolute Gasteiger partial charge is 0.280 e. The molecule has 4 rings (SSSR count). The molecule has 1 aromatic heterocycles. The van der Waals surface area contributed by atoms with Gasteiger partial charge in [0, 0.05) is 16.9 Å². The van der Waals surface area contributed by atoms with Crippen molar-refractivity contribution in [3.05, 3.63) is 88.7 Å². The van der Waals surface area contributed by atoms with Gasteiger partial charge < -0.3 is 0 Å². The van der Waals surface area contributed by atoms with Crippen molar-refractivity contribution in [1.29, 1.82) is 0 Å². The number of sulfonamides is 1. The van der Waals surface area contributed by atoms with Crippen LogP contribution in [0.4, 0.5) is 5.69 Å². The van der Waals surface area contributed by atoms with Gasteiger partial charge >= 0.3 is 0 Å². The molecule has 1 heterocycles. The summed E-state index contributed by atoms with van der Waals surface area (Å²) in [7, 11) is -3.68. The summed E-state index contributed by atoms with van der Waals surface area (Å²) in [5, 5.41) is 7.16. The van der Waals surface area contributed by atoms with Crippen LogP contribution in [0.2, 0.25) is 0 Å². The Kier molecular flexibility index (Phi) is 5.27. The van der Waals surface area contributed by atoms with E-state index in [2.05, 4.69) is 14.9 Å². The molecule has 2 N–H and O–H groups in total. The van der Waals surface area contributed by atoms with Gasteiger partial charge in [-0.2, -0.15) is 5.10 Å². The molecule has 0 bridgehead atoms. The van der Waals surface area contributed by atoms with Gasteiger partial charge in [-0.25, -0.2) is 8.42 Å². The molecule has 4 aromatic rings. The Morgan fingerprint density at radius 2 is 1.67 bits per heavy atom. The van der Waals surface area contributed by atoms with E-state index >= 15 is 0 Å². The fourth-order valence-corrected chi connectivity index (χ4v) is 4.83. The van der Waals surface area contributed by atoms with Gasteiger partial charge in [0.05, 0.1) is 4.90 Å². The number of hydrogen-bond acceptors (Lipinski definition) is 4. The van der Waals surface area contributed by atoms with Crippen LogP contribution >= 0.6 is 12.2 Å². The lowest BCUT2D eigenvalue weighted by Gasteiger charge is -2.12. The molecule has 0 radical (unpaired) electrons. The summed E-state index contributed by atoms with van der Waals surface area (Å²) in [4.78, 5) is 0.266. The SMILES string of the molecule is Cc1ccc(S(=O)(=O)Nc2ccc(-c3n[nH]c(=S)n3-c3ccccc3)cc2)c(C)c1. The summed E-state index contributed by atoms with van der Waals surface area (Å²) in [6, 6.07) is 22.0. The van der Waals surface area contributed by atoms with Crippen molar-refractivity contribution in [3.63, 3.8) is 0 Å². The van der Waals surface area contributed by atoms with Crippen LogP contribution in [0.3, 0.4) is 0 Å². The molecule has 0 saturated carbocycles. The van der Waals surface area contributed by atoms with Gasteiger partial charge in [-0.05, 0) is 74.1 Å². The number of rotatable bonds is 5. The predicted octanol–water partition coefficient (Wildman–Crippen LogP) is 5.01. The molecular formula is C22H20N4O2S2. The first-order valence-electron chi connectivity index (χ1n) is 9.28. The maximum absolute atomic E-state index is 12.8. The van der Waals surface area contributed by atoms with Gasteiger partial charge in [-0.1, -0.05) is 35.9 Å². The Labute approximate surface area is 180 Å². The Balaban J connectivity index is 1.64. The Morgan fingerprint density at radius 1 is 0.967 bits per heavy atom. The molecule has 0 aliphatic carbocycles. The molecule has 30 heavy (non-hydrogen) atoms. The lowest BCUT2D eigenvalue weighted by Crippen LogP contribution is -2.14. The van der Waals surface area contributed by atoms with Crippen molar-refractivity contribution >= 4 is 27.9 Å². The van der Waals surface area contributed by atoms with Crippen LogP contribution in [0.25, 0.3) is 17.1 Å². The van der Waals surface area contributed by atoms with Crippen LogP contribution in [-0.2, 0) is 10.0 Å². The van der Waals surface area contributed by atoms with Gasteiger partial charge in [0.25, 0.3) is 10.0 Å². The third-order valence-corrected chi connectivity index (χ3v) is 6.52. The van der Waals surface area contributed by atoms with E-state index in [1.807, 2.05) is 60.0 Å². The minimum absolute atomic E-state index is 0.266. The zero-order chi connectivity index (χ0) is 21.3. The molecule has 0 aliphatic heterocycles. The molecule has 0 spiro atoms. The molecular weight excluding hydrogens is 416 g/mol. The number of hydrogen-bond donors (Lipinski definition) is 2. The maximum Gasteiger partial charge on any atom is 0.262 e. The average molecular weight is 437 g/mol. The topological polar surface area (TPSA) is 79.8 Å². The number of benzene rings is 3. The van der Waals surface area contributed by atoms with Crippen molar-refractivity contribution in [2.45, 2.75) is 18.7 Å². The van der Waals surface area contributed by atoms with Crippen molar-refractivity contribution in [3.8, 4) is 17.1 Å². The quantitative estimate of drug-likeness (QED) is 0.431. The van der Waals surface area contributed by atoms with Crippen LogP contribution in [0, 0.1) is 18.6 Å². The van der Waals surface area contributed by atoms with Crippen LogP contribution in [0.1, 0.15) is 11.1 Å². The van der Waals surface area contributed by atoms with E-state index in [9.17, 15) is 8.42 Å². The van der Waals surface area contributed by atoms with Crippen LogP contribution in [-0.4, -0.2) is 23.2 Å². The van der Waals surface area contributed by atoms with Gasteiger partial charge in [0.15, 0.2) is 10.6 Å². The highest BCUT2D eigenvalue weighted by Gasteiger charge is 2.17. The molecule has 0 aliphatic rings. The van der Waals surface area contributed by atoms with E-state index in [1.165, 1.54) is 0 Å².